The molecule has 6 N–H and O–H groups in total. The minimum atomic E-state index is -4.09. The predicted molar refractivity (Wildman–Crippen MR) is 125 cm³/mol. The van der Waals surface area contributed by atoms with Crippen LogP contribution in [0.4, 0.5) is 5.69 Å². The van der Waals surface area contributed by atoms with Crippen LogP contribution in [0.1, 0.15) is 25.7 Å². The van der Waals surface area contributed by atoms with Crippen LogP contribution in [0.15, 0.2) is 26.3 Å². The van der Waals surface area contributed by atoms with Crippen LogP contribution in [0.3, 0.4) is 0 Å². The summed E-state index contributed by atoms with van der Waals surface area (Å²) < 4.78 is 29.9. The summed E-state index contributed by atoms with van der Waals surface area (Å²) in [5.74, 6) is 1.11. The summed E-state index contributed by atoms with van der Waals surface area (Å²) in [7, 11) is -4.09. The fourth-order valence-electron chi connectivity index (χ4n) is 4.33. The van der Waals surface area contributed by atoms with Crippen LogP contribution in [0.5, 0.6) is 0 Å². The summed E-state index contributed by atoms with van der Waals surface area (Å²) in [6.07, 6.45) is 5.85. The van der Waals surface area contributed by atoms with Gasteiger partial charge in [-0.15, -0.1) is 10.2 Å². The molecule has 11 nitrogen and oxygen atoms in total. The fourth-order valence-corrected chi connectivity index (χ4v) is 6.28. The Bertz CT molecular complexity index is 1030. The molecular weight excluding hydrogens is 450 g/mol. The number of rotatable bonds is 8. The molecule has 2 fully saturated rings. The maximum absolute atomic E-state index is 12.7. The second-order valence-electron chi connectivity index (χ2n) is 8.17. The third-order valence-electron chi connectivity index (χ3n) is 6.00. The molecule has 2 saturated heterocycles. The van der Waals surface area contributed by atoms with Crippen molar-refractivity contribution < 1.29 is 8.42 Å². The fraction of sp³-hybridized carbons (Fsp3) is 0.579. The van der Waals surface area contributed by atoms with Gasteiger partial charge in [0.05, 0.1) is 10.5 Å². The standard InChI is InChI=1S/C19H29N9O2S2/c20-7-3-13-5-9-28(10-6-13)15-1-2-16(31-23-12-14-4-8-22-11-14)18(32(21,29)30)17(15)19-24-26-27-25-19/h1-2,12-14,22H,3-11,20H2,(H2,21,29,30)(H,24,25,26,27)/b23-12+. The highest BCUT2D eigenvalue weighted by Gasteiger charge is 2.30. The number of sulfonamides is 1. The van der Waals surface area contributed by atoms with E-state index in [9.17, 15) is 8.42 Å². The monoisotopic (exact) mass is 479 g/mol. The Hall–Kier alpha value is -2.06. The Morgan fingerprint density at radius 1 is 1.28 bits per heavy atom. The zero-order valence-corrected chi connectivity index (χ0v) is 19.4. The summed E-state index contributed by atoms with van der Waals surface area (Å²) in [4.78, 5) is 2.58. The van der Waals surface area contributed by atoms with E-state index in [2.05, 4.69) is 35.2 Å². The summed E-state index contributed by atoms with van der Waals surface area (Å²) in [6.45, 7) is 4.09. The van der Waals surface area contributed by atoms with E-state index in [1.54, 1.807) is 6.07 Å². The van der Waals surface area contributed by atoms with Crippen molar-refractivity contribution in [1.29, 1.82) is 0 Å². The van der Waals surface area contributed by atoms with Crippen LogP contribution in [0.25, 0.3) is 11.4 Å². The molecule has 1 aromatic heterocycles. The van der Waals surface area contributed by atoms with Crippen molar-refractivity contribution in [2.45, 2.75) is 35.5 Å². The van der Waals surface area contributed by atoms with Crippen LogP contribution in [0.2, 0.25) is 0 Å². The molecule has 0 spiro atoms. The minimum Gasteiger partial charge on any atom is -0.371 e. The average molecular weight is 480 g/mol. The number of piperidine rings is 1. The first kappa shape index (κ1) is 23.1. The lowest BCUT2D eigenvalue weighted by atomic mass is 9.93. The average Bonchev–Trinajstić information content (AvgIpc) is 3.48. The predicted octanol–water partition coefficient (Wildman–Crippen LogP) is 0.767. The topological polar surface area (TPSA) is 168 Å². The highest BCUT2D eigenvalue weighted by Crippen LogP contribution is 2.41. The summed E-state index contributed by atoms with van der Waals surface area (Å²) in [5, 5.41) is 23.2. The molecule has 0 saturated carbocycles. The summed E-state index contributed by atoms with van der Waals surface area (Å²) in [6, 6.07) is 3.66. The van der Waals surface area contributed by atoms with Crippen LogP contribution in [0, 0.1) is 11.8 Å². The molecule has 0 radical (unpaired) electrons. The first-order chi connectivity index (χ1) is 15.5. The third-order valence-corrected chi connectivity index (χ3v) is 7.89. The Labute approximate surface area is 192 Å². The van der Waals surface area contributed by atoms with E-state index >= 15 is 0 Å². The van der Waals surface area contributed by atoms with Gasteiger partial charge in [-0.25, -0.2) is 18.0 Å². The molecule has 1 atom stereocenters. The molecule has 32 heavy (non-hydrogen) atoms. The van der Waals surface area contributed by atoms with Crippen LogP contribution in [-0.4, -0.2) is 68.0 Å². The maximum Gasteiger partial charge on any atom is 0.240 e. The Morgan fingerprint density at radius 2 is 2.09 bits per heavy atom. The van der Waals surface area contributed by atoms with E-state index in [0.29, 0.717) is 28.8 Å². The zero-order valence-electron chi connectivity index (χ0n) is 17.8. The molecule has 2 aliphatic heterocycles. The Morgan fingerprint density at radius 3 is 2.72 bits per heavy atom. The van der Waals surface area contributed by atoms with Crippen molar-refractivity contribution >= 4 is 33.9 Å². The van der Waals surface area contributed by atoms with Gasteiger partial charge in [0.1, 0.15) is 4.90 Å². The number of hydrogen-bond donors (Lipinski definition) is 4. The third kappa shape index (κ3) is 5.29. The summed E-state index contributed by atoms with van der Waals surface area (Å²) in [5.41, 5.74) is 6.81. The van der Waals surface area contributed by atoms with E-state index in [0.717, 1.165) is 69.5 Å². The number of tetrazole rings is 1. The van der Waals surface area contributed by atoms with Crippen molar-refractivity contribution in [2.75, 3.05) is 37.6 Å². The smallest absolute Gasteiger partial charge is 0.240 e. The zero-order chi connectivity index (χ0) is 22.6. The number of anilines is 1. The minimum absolute atomic E-state index is 0.0211. The SMILES string of the molecule is NCCC1CCN(c2ccc(S/N=C/C3CCNC3)c(S(N)(=O)=O)c2-c2nn[nH]n2)CC1. The van der Waals surface area contributed by atoms with Gasteiger partial charge in [0, 0.05) is 49.4 Å². The molecule has 1 unspecified atom stereocenters. The van der Waals surface area contributed by atoms with Crippen molar-refractivity contribution in [3.63, 3.8) is 0 Å². The number of benzene rings is 1. The molecule has 4 rings (SSSR count). The van der Waals surface area contributed by atoms with Gasteiger partial charge >= 0.3 is 0 Å². The van der Waals surface area contributed by atoms with Crippen molar-refractivity contribution in [3.8, 4) is 11.4 Å². The lowest BCUT2D eigenvalue weighted by Gasteiger charge is -2.35. The number of H-pyrrole nitrogens is 1. The normalized spacial score (nSPS) is 20.4. The molecular formula is C19H29N9O2S2. The second-order valence-corrected chi connectivity index (χ2v) is 10.5. The van der Waals surface area contributed by atoms with Crippen molar-refractivity contribution in [1.82, 2.24) is 25.9 Å². The van der Waals surface area contributed by atoms with E-state index in [1.807, 2.05) is 12.3 Å². The van der Waals surface area contributed by atoms with E-state index in [4.69, 9.17) is 10.9 Å². The highest BCUT2D eigenvalue weighted by atomic mass is 32.2. The molecule has 2 aliphatic rings. The van der Waals surface area contributed by atoms with Gasteiger partial charge in [0.25, 0.3) is 0 Å². The number of nitrogens with two attached hydrogens (primary N) is 2. The number of nitrogens with zero attached hydrogens (tertiary/aromatic N) is 5. The quantitative estimate of drug-likeness (QED) is 0.315. The number of hydrogen-bond acceptors (Lipinski definition) is 10. The molecule has 0 bridgehead atoms. The molecule has 1 aromatic carbocycles. The van der Waals surface area contributed by atoms with E-state index < -0.39 is 10.0 Å². The second kappa shape index (κ2) is 10.3. The van der Waals surface area contributed by atoms with Crippen LogP contribution < -0.4 is 21.1 Å². The van der Waals surface area contributed by atoms with Gasteiger partial charge in [-0.1, -0.05) is 0 Å². The molecule has 174 valence electrons. The highest BCUT2D eigenvalue weighted by molar-refractivity contribution is 7.99. The molecule has 2 aromatic rings. The lowest BCUT2D eigenvalue weighted by molar-refractivity contribution is 0.386. The molecule has 0 amide bonds. The van der Waals surface area contributed by atoms with Gasteiger partial charge in [-0.05, 0) is 62.0 Å². The van der Waals surface area contributed by atoms with Crippen LogP contribution in [-0.2, 0) is 10.0 Å². The van der Waals surface area contributed by atoms with Gasteiger partial charge in [0.2, 0.25) is 15.8 Å². The number of aromatic amines is 1. The van der Waals surface area contributed by atoms with Crippen molar-refractivity contribution in [2.24, 2.45) is 27.1 Å². The molecule has 3 heterocycles. The Kier molecular flexibility index (Phi) is 7.40. The van der Waals surface area contributed by atoms with E-state index in [-0.39, 0.29) is 10.7 Å². The maximum atomic E-state index is 12.7. The van der Waals surface area contributed by atoms with Gasteiger partial charge in [-0.3, -0.25) is 0 Å². The van der Waals surface area contributed by atoms with Gasteiger partial charge in [-0.2, -0.15) is 5.21 Å². The number of primary sulfonamides is 1. The number of aromatic nitrogens is 4. The van der Waals surface area contributed by atoms with Crippen LogP contribution >= 0.6 is 11.9 Å². The molecule has 13 heteroatoms. The first-order valence-corrected chi connectivity index (χ1v) is 13.1. The first-order valence-electron chi connectivity index (χ1n) is 10.8. The van der Waals surface area contributed by atoms with Crippen molar-refractivity contribution in [3.05, 3.63) is 12.1 Å². The lowest BCUT2D eigenvalue weighted by Crippen LogP contribution is -2.35. The molecule has 0 aliphatic carbocycles. The summed E-state index contributed by atoms with van der Waals surface area (Å²) >= 11 is 1.10. The van der Waals surface area contributed by atoms with Gasteiger partial charge in [0.15, 0.2) is 0 Å². The van der Waals surface area contributed by atoms with Gasteiger partial charge < -0.3 is 16.0 Å². The van der Waals surface area contributed by atoms with E-state index in [1.165, 1.54) is 0 Å². The Balaban J connectivity index is 1.71. The number of nitrogens with one attached hydrogen (secondary N) is 2. The largest absolute Gasteiger partial charge is 0.371 e.